The molecule has 0 saturated carbocycles. The molecule has 1 unspecified atom stereocenters. The molecule has 0 bridgehead atoms. The van der Waals surface area contributed by atoms with Gasteiger partial charge in [-0.1, -0.05) is 0 Å². The first kappa shape index (κ1) is 20.1. The van der Waals surface area contributed by atoms with Crippen molar-refractivity contribution >= 4 is 0 Å². The first-order valence-corrected chi connectivity index (χ1v) is 6.56. The molecule has 0 aromatic carbocycles. The molecule has 0 spiro atoms. The molecule has 1 atom stereocenters. The molecular weight excluding hydrogens is 230 g/mol. The Morgan fingerprint density at radius 3 is 1.56 bits per heavy atom. The van der Waals surface area contributed by atoms with Crippen LogP contribution in [0.3, 0.4) is 0 Å². The summed E-state index contributed by atoms with van der Waals surface area (Å²) < 4.78 is 0. The van der Waals surface area contributed by atoms with Gasteiger partial charge in [0.05, 0.1) is 13.2 Å². The zero-order valence-electron chi connectivity index (χ0n) is 13.1. The maximum absolute atomic E-state index is 8.34. The van der Waals surface area contributed by atoms with Crippen molar-refractivity contribution in [1.82, 2.24) is 14.7 Å². The second-order valence-corrected chi connectivity index (χ2v) is 5.16. The highest BCUT2D eigenvalue weighted by atomic mass is 16.3. The lowest BCUT2D eigenvalue weighted by Crippen LogP contribution is -2.28. The van der Waals surface area contributed by atoms with E-state index in [0.29, 0.717) is 19.1 Å². The predicted octanol–water partition coefficient (Wildman–Crippen LogP) is -0.209. The second-order valence-electron chi connectivity index (χ2n) is 5.16. The minimum absolute atomic E-state index is 0.163. The van der Waals surface area contributed by atoms with Crippen LogP contribution in [0.5, 0.6) is 0 Å². The van der Waals surface area contributed by atoms with Gasteiger partial charge in [-0.05, 0) is 55.1 Å². The van der Waals surface area contributed by atoms with E-state index in [1.807, 2.05) is 11.9 Å². The lowest BCUT2D eigenvalue weighted by Gasteiger charge is -2.21. The highest BCUT2D eigenvalue weighted by Gasteiger charge is 2.03. The standard InChI is InChI=1S/C8H20N2.C5H13NO2/c1-8(10(4)5)6-7-9(2)3;1-6(2-4-7)3-5-8/h8H,6-7H2,1-5H3;7-8H,2-5H2,1H3. The topological polar surface area (TPSA) is 50.2 Å². The fraction of sp³-hybridized carbons (Fsp3) is 1.00. The van der Waals surface area contributed by atoms with E-state index >= 15 is 0 Å². The molecule has 0 fully saturated rings. The van der Waals surface area contributed by atoms with Gasteiger partial charge in [0, 0.05) is 19.1 Å². The van der Waals surface area contributed by atoms with Gasteiger partial charge in [0.15, 0.2) is 0 Å². The van der Waals surface area contributed by atoms with Crippen molar-refractivity contribution in [3.8, 4) is 0 Å². The minimum atomic E-state index is 0.163. The van der Waals surface area contributed by atoms with Crippen LogP contribution < -0.4 is 0 Å². The van der Waals surface area contributed by atoms with E-state index in [0.717, 1.165) is 0 Å². The van der Waals surface area contributed by atoms with E-state index in [-0.39, 0.29) is 13.2 Å². The van der Waals surface area contributed by atoms with Crippen LogP contribution in [-0.4, -0.2) is 99.0 Å². The molecule has 112 valence electrons. The van der Waals surface area contributed by atoms with Crippen LogP contribution in [0.25, 0.3) is 0 Å². The fourth-order valence-electron chi connectivity index (χ4n) is 1.16. The zero-order valence-corrected chi connectivity index (χ0v) is 13.1. The van der Waals surface area contributed by atoms with Gasteiger partial charge in [0.25, 0.3) is 0 Å². The van der Waals surface area contributed by atoms with Crippen molar-refractivity contribution in [1.29, 1.82) is 0 Å². The van der Waals surface area contributed by atoms with Gasteiger partial charge in [0.2, 0.25) is 0 Å². The molecule has 0 aromatic heterocycles. The van der Waals surface area contributed by atoms with Gasteiger partial charge in [-0.15, -0.1) is 0 Å². The number of hydrogen-bond acceptors (Lipinski definition) is 5. The van der Waals surface area contributed by atoms with Crippen LogP contribution >= 0.6 is 0 Å². The maximum atomic E-state index is 8.34. The van der Waals surface area contributed by atoms with Crippen LogP contribution in [0.4, 0.5) is 0 Å². The number of aliphatic hydroxyl groups is 2. The summed E-state index contributed by atoms with van der Waals surface area (Å²) in [4.78, 5) is 6.34. The predicted molar refractivity (Wildman–Crippen MR) is 78.0 cm³/mol. The van der Waals surface area contributed by atoms with Gasteiger partial charge >= 0.3 is 0 Å². The molecule has 0 aliphatic heterocycles. The van der Waals surface area contributed by atoms with Crippen LogP contribution in [0.1, 0.15) is 13.3 Å². The number of likely N-dealkylation sites (N-methyl/N-ethyl adjacent to an activating group) is 1. The Labute approximate surface area is 113 Å². The summed E-state index contributed by atoms with van der Waals surface area (Å²) in [5.74, 6) is 0. The van der Waals surface area contributed by atoms with Crippen LogP contribution in [0, 0.1) is 0 Å². The van der Waals surface area contributed by atoms with Crippen molar-refractivity contribution in [3.63, 3.8) is 0 Å². The Hall–Kier alpha value is -0.200. The molecular formula is C13H33N3O2. The Kier molecular flexibility index (Phi) is 14.8. The number of hydrogen-bond donors (Lipinski definition) is 2. The van der Waals surface area contributed by atoms with Crippen molar-refractivity contribution in [2.75, 3.05) is 68.1 Å². The summed E-state index contributed by atoms with van der Waals surface area (Å²) in [6, 6.07) is 0.697. The monoisotopic (exact) mass is 263 g/mol. The molecule has 5 nitrogen and oxygen atoms in total. The molecule has 0 rings (SSSR count). The normalized spacial score (nSPS) is 12.8. The third-order valence-corrected chi connectivity index (χ3v) is 2.84. The van der Waals surface area contributed by atoms with Gasteiger partial charge in [-0.25, -0.2) is 0 Å². The SMILES string of the molecule is CC(CCN(C)C)N(C)C.CN(CCO)CCO. The number of rotatable bonds is 8. The summed E-state index contributed by atoms with van der Waals surface area (Å²) in [5, 5.41) is 16.7. The van der Waals surface area contributed by atoms with Gasteiger partial charge in [-0.3, -0.25) is 0 Å². The molecule has 0 radical (unpaired) electrons. The molecule has 0 aliphatic rings. The summed E-state index contributed by atoms with van der Waals surface area (Å²) in [6.07, 6.45) is 1.25. The maximum Gasteiger partial charge on any atom is 0.0558 e. The first-order valence-electron chi connectivity index (χ1n) is 6.56. The minimum Gasteiger partial charge on any atom is -0.395 e. The van der Waals surface area contributed by atoms with E-state index < -0.39 is 0 Å². The highest BCUT2D eigenvalue weighted by Crippen LogP contribution is 1.97. The van der Waals surface area contributed by atoms with Crippen molar-refractivity contribution < 1.29 is 10.2 Å². The van der Waals surface area contributed by atoms with E-state index in [1.165, 1.54) is 13.0 Å². The third kappa shape index (κ3) is 15.8. The average molecular weight is 263 g/mol. The Morgan fingerprint density at radius 2 is 1.28 bits per heavy atom. The van der Waals surface area contributed by atoms with E-state index in [1.54, 1.807) is 0 Å². The largest absolute Gasteiger partial charge is 0.395 e. The first-order chi connectivity index (χ1) is 8.34. The van der Waals surface area contributed by atoms with Gasteiger partial charge < -0.3 is 24.9 Å². The lowest BCUT2D eigenvalue weighted by molar-refractivity contribution is 0.184. The number of aliphatic hydroxyl groups excluding tert-OH is 2. The molecule has 0 saturated heterocycles. The molecule has 0 aromatic rings. The van der Waals surface area contributed by atoms with Crippen LogP contribution in [-0.2, 0) is 0 Å². The van der Waals surface area contributed by atoms with E-state index in [9.17, 15) is 0 Å². The summed E-state index contributed by atoms with van der Waals surface area (Å²) in [6.45, 7) is 5.04. The van der Waals surface area contributed by atoms with E-state index in [4.69, 9.17) is 10.2 Å². The van der Waals surface area contributed by atoms with Crippen molar-refractivity contribution in [3.05, 3.63) is 0 Å². The Balaban J connectivity index is 0. The summed E-state index contributed by atoms with van der Waals surface area (Å²) in [7, 11) is 10.3. The average Bonchev–Trinajstić information content (AvgIpc) is 2.27. The molecule has 18 heavy (non-hydrogen) atoms. The Morgan fingerprint density at radius 1 is 0.833 bits per heavy atom. The Bertz CT molecular complexity index is 160. The fourth-order valence-corrected chi connectivity index (χ4v) is 1.16. The van der Waals surface area contributed by atoms with Crippen LogP contribution in [0.2, 0.25) is 0 Å². The van der Waals surface area contributed by atoms with Crippen LogP contribution in [0.15, 0.2) is 0 Å². The summed E-state index contributed by atoms with van der Waals surface area (Å²) in [5.41, 5.74) is 0. The highest BCUT2D eigenvalue weighted by molar-refractivity contribution is 4.60. The zero-order chi connectivity index (χ0) is 14.6. The summed E-state index contributed by atoms with van der Waals surface area (Å²) >= 11 is 0. The molecule has 5 heteroatoms. The molecule has 0 heterocycles. The smallest absolute Gasteiger partial charge is 0.0558 e. The quantitative estimate of drug-likeness (QED) is 0.635. The van der Waals surface area contributed by atoms with Gasteiger partial charge in [-0.2, -0.15) is 0 Å². The molecule has 2 N–H and O–H groups in total. The van der Waals surface area contributed by atoms with Crippen molar-refractivity contribution in [2.24, 2.45) is 0 Å². The number of nitrogens with zero attached hydrogens (tertiary/aromatic N) is 3. The molecule has 0 amide bonds. The van der Waals surface area contributed by atoms with E-state index in [2.05, 4.69) is 44.9 Å². The third-order valence-electron chi connectivity index (χ3n) is 2.84. The second kappa shape index (κ2) is 13.2. The lowest BCUT2D eigenvalue weighted by atomic mass is 10.2. The molecule has 0 aliphatic carbocycles. The van der Waals surface area contributed by atoms with Gasteiger partial charge in [0.1, 0.15) is 0 Å². The van der Waals surface area contributed by atoms with Crippen molar-refractivity contribution in [2.45, 2.75) is 19.4 Å².